The smallest absolute Gasteiger partial charge is 0.244 e. The fraction of sp³-hybridized carbons (Fsp3) is 0.440. The van der Waals surface area contributed by atoms with Gasteiger partial charge in [0.1, 0.15) is 18.0 Å². The Bertz CT molecular complexity index is 1110. The van der Waals surface area contributed by atoms with Crippen molar-refractivity contribution in [1.82, 2.24) is 19.7 Å². The van der Waals surface area contributed by atoms with Gasteiger partial charge in [-0.2, -0.15) is 5.10 Å². The van der Waals surface area contributed by atoms with Gasteiger partial charge in [-0.05, 0) is 31.5 Å². The van der Waals surface area contributed by atoms with Crippen molar-refractivity contribution in [3.63, 3.8) is 0 Å². The van der Waals surface area contributed by atoms with Crippen LogP contribution in [-0.4, -0.2) is 69.9 Å². The number of pyridine rings is 1. The van der Waals surface area contributed by atoms with Crippen LogP contribution in [0.2, 0.25) is 0 Å². The van der Waals surface area contributed by atoms with Gasteiger partial charge >= 0.3 is 0 Å². The predicted molar refractivity (Wildman–Crippen MR) is 128 cm³/mol. The van der Waals surface area contributed by atoms with Gasteiger partial charge < -0.3 is 19.5 Å². The van der Waals surface area contributed by atoms with E-state index in [0.717, 1.165) is 12.8 Å². The van der Waals surface area contributed by atoms with Crippen molar-refractivity contribution < 1.29 is 24.2 Å². The van der Waals surface area contributed by atoms with E-state index in [9.17, 15) is 9.59 Å². The number of methoxy groups -OCH3 is 1. The van der Waals surface area contributed by atoms with Crippen LogP contribution in [0.25, 0.3) is 10.9 Å². The number of ether oxygens (including phenoxy) is 2. The molecule has 0 aliphatic carbocycles. The van der Waals surface area contributed by atoms with Crippen molar-refractivity contribution >= 4 is 22.6 Å². The van der Waals surface area contributed by atoms with Crippen molar-refractivity contribution in [1.29, 1.82) is 0 Å². The Kier molecular flexibility index (Phi) is 8.98. The maximum absolute atomic E-state index is 13.3. The quantitative estimate of drug-likeness (QED) is 0.303. The second-order valence-electron chi connectivity index (χ2n) is 7.86. The first-order valence-electron chi connectivity index (χ1n) is 11.6. The minimum atomic E-state index is -0.297. The zero-order valence-corrected chi connectivity index (χ0v) is 20.0. The Labute approximate surface area is 199 Å². The molecule has 1 amide bonds. The van der Waals surface area contributed by atoms with Gasteiger partial charge in [-0.3, -0.25) is 14.3 Å². The van der Waals surface area contributed by atoms with Crippen LogP contribution < -0.4 is 9.47 Å². The second kappa shape index (κ2) is 12.1. The first kappa shape index (κ1) is 25.2. The average Bonchev–Trinajstić information content (AvgIpc) is 3.22. The van der Waals surface area contributed by atoms with Gasteiger partial charge in [0, 0.05) is 55.4 Å². The highest BCUT2D eigenvalue weighted by atomic mass is 16.5. The highest BCUT2D eigenvalue weighted by Crippen LogP contribution is 2.26. The third-order valence-electron chi connectivity index (χ3n) is 5.53. The van der Waals surface area contributed by atoms with Crippen molar-refractivity contribution in [2.24, 2.45) is 0 Å². The molecule has 9 nitrogen and oxygen atoms in total. The molecular weight excluding hydrogens is 436 g/mol. The summed E-state index contributed by atoms with van der Waals surface area (Å²) in [5, 5.41) is 14.0. The summed E-state index contributed by atoms with van der Waals surface area (Å²) in [5.74, 6) is 0.647. The first-order chi connectivity index (χ1) is 16.5. The monoisotopic (exact) mass is 468 g/mol. The second-order valence-corrected chi connectivity index (χ2v) is 7.86. The third kappa shape index (κ3) is 5.91. The predicted octanol–water partition coefficient (Wildman–Crippen LogP) is 3.08. The maximum atomic E-state index is 13.3. The van der Waals surface area contributed by atoms with Gasteiger partial charge in [-0.1, -0.05) is 13.3 Å². The zero-order valence-electron chi connectivity index (χ0n) is 20.0. The van der Waals surface area contributed by atoms with E-state index >= 15 is 0 Å². The Balaban J connectivity index is 1.90. The van der Waals surface area contributed by atoms with Crippen LogP contribution in [0.3, 0.4) is 0 Å². The molecule has 0 atom stereocenters. The van der Waals surface area contributed by atoms with Crippen molar-refractivity contribution in [3.8, 4) is 11.6 Å². The molecule has 0 spiro atoms. The van der Waals surface area contributed by atoms with Gasteiger partial charge in [0.05, 0.1) is 19.2 Å². The highest BCUT2D eigenvalue weighted by Gasteiger charge is 2.22. The molecule has 1 N–H and O–H groups in total. The minimum Gasteiger partial charge on any atom is -0.497 e. The molecule has 0 radical (unpaired) electrons. The maximum Gasteiger partial charge on any atom is 0.244 e. The lowest BCUT2D eigenvalue weighted by Crippen LogP contribution is -2.34. The fourth-order valence-corrected chi connectivity index (χ4v) is 3.58. The van der Waals surface area contributed by atoms with E-state index in [1.54, 1.807) is 47.0 Å². The number of carbonyl (C=O) groups excluding carboxylic acids is 2. The van der Waals surface area contributed by atoms with E-state index in [0.29, 0.717) is 54.2 Å². The summed E-state index contributed by atoms with van der Waals surface area (Å²) in [6.07, 6.45) is 3.88. The molecule has 0 bridgehead atoms. The Hall–Kier alpha value is -3.46. The number of benzene rings is 1. The lowest BCUT2D eigenvalue weighted by molar-refractivity contribution is -0.131. The lowest BCUT2D eigenvalue weighted by atomic mass is 10.1. The Morgan fingerprint density at radius 1 is 1.15 bits per heavy atom. The van der Waals surface area contributed by atoms with Gasteiger partial charge in [0.25, 0.3) is 0 Å². The van der Waals surface area contributed by atoms with Crippen molar-refractivity contribution in [2.75, 3.05) is 33.4 Å². The molecule has 0 unspecified atom stereocenters. The van der Waals surface area contributed by atoms with Gasteiger partial charge in [0.15, 0.2) is 0 Å². The number of unbranched alkanes of at least 4 members (excludes halogenated alkanes) is 1. The normalized spacial score (nSPS) is 10.9. The van der Waals surface area contributed by atoms with Crippen molar-refractivity contribution in [3.05, 3.63) is 47.8 Å². The van der Waals surface area contributed by atoms with E-state index in [-0.39, 0.29) is 30.5 Å². The fourth-order valence-electron chi connectivity index (χ4n) is 3.58. The molecule has 34 heavy (non-hydrogen) atoms. The third-order valence-corrected chi connectivity index (χ3v) is 5.53. The number of aromatic nitrogens is 3. The van der Waals surface area contributed by atoms with Gasteiger partial charge in [0.2, 0.25) is 17.6 Å². The number of carbonyl (C=O) groups is 2. The van der Waals surface area contributed by atoms with E-state index in [4.69, 9.17) is 14.6 Å². The van der Waals surface area contributed by atoms with Crippen LogP contribution in [0.5, 0.6) is 11.6 Å². The number of hydrogen-bond donors (Lipinski definition) is 1. The number of aliphatic hydroxyl groups is 1. The van der Waals surface area contributed by atoms with E-state index in [1.165, 1.54) is 6.20 Å². The Morgan fingerprint density at radius 2 is 1.97 bits per heavy atom. The lowest BCUT2D eigenvalue weighted by Gasteiger charge is -2.20. The molecular formula is C25H32N4O5. The summed E-state index contributed by atoms with van der Waals surface area (Å²) in [4.78, 5) is 32.2. The van der Waals surface area contributed by atoms with Crippen LogP contribution in [0.1, 0.15) is 49.2 Å². The SMILES string of the molecule is CCCCN(CC)C(=O)Cn1nc(C(=O)c2ccc(OCCCO)nc2)c2ccc(OC)cc21. The molecule has 1 aromatic carbocycles. The number of fused-ring (bicyclic) bond motifs is 1. The molecule has 2 heterocycles. The zero-order chi connectivity index (χ0) is 24.5. The molecule has 0 saturated heterocycles. The molecule has 9 heteroatoms. The molecule has 182 valence electrons. The van der Waals surface area contributed by atoms with Crippen LogP contribution in [0.4, 0.5) is 0 Å². The summed E-state index contributed by atoms with van der Waals surface area (Å²) in [5.41, 5.74) is 1.26. The summed E-state index contributed by atoms with van der Waals surface area (Å²) in [6, 6.07) is 8.58. The summed E-state index contributed by atoms with van der Waals surface area (Å²) in [6.45, 7) is 5.76. The highest BCUT2D eigenvalue weighted by molar-refractivity contribution is 6.15. The summed E-state index contributed by atoms with van der Waals surface area (Å²) < 4.78 is 12.4. The number of likely N-dealkylation sites (N-methyl/N-ethyl adjacent to an activating group) is 1. The van der Waals surface area contributed by atoms with Crippen LogP contribution in [0.15, 0.2) is 36.5 Å². The number of ketones is 1. The van der Waals surface area contributed by atoms with E-state index in [2.05, 4.69) is 17.0 Å². The summed E-state index contributed by atoms with van der Waals surface area (Å²) >= 11 is 0. The van der Waals surface area contributed by atoms with Gasteiger partial charge in [-0.25, -0.2) is 4.98 Å². The molecule has 2 aromatic heterocycles. The number of hydrogen-bond acceptors (Lipinski definition) is 7. The summed E-state index contributed by atoms with van der Waals surface area (Å²) in [7, 11) is 1.57. The molecule has 0 aliphatic rings. The average molecular weight is 469 g/mol. The molecule has 0 fully saturated rings. The number of amides is 1. The van der Waals surface area contributed by atoms with E-state index in [1.807, 2.05) is 6.92 Å². The minimum absolute atomic E-state index is 0.0321. The number of nitrogens with zero attached hydrogens (tertiary/aromatic N) is 4. The molecule has 0 aliphatic heterocycles. The van der Waals surface area contributed by atoms with E-state index < -0.39 is 0 Å². The Morgan fingerprint density at radius 3 is 2.62 bits per heavy atom. The number of rotatable bonds is 13. The van der Waals surface area contributed by atoms with Crippen molar-refractivity contribution in [2.45, 2.75) is 39.7 Å². The van der Waals surface area contributed by atoms with Crippen LogP contribution in [-0.2, 0) is 11.3 Å². The standard InChI is InChI=1S/C25H32N4O5/c1-4-6-12-28(5-2)23(31)17-29-21-15-19(33-3)9-10-20(21)24(27-29)25(32)18-8-11-22(26-16-18)34-14-7-13-30/h8-11,15-16,30H,4-7,12-14,17H2,1-3H3. The van der Waals surface area contributed by atoms with Gasteiger partial charge in [-0.15, -0.1) is 0 Å². The largest absolute Gasteiger partial charge is 0.497 e. The first-order valence-corrected chi connectivity index (χ1v) is 11.6. The molecule has 3 rings (SSSR count). The van der Waals surface area contributed by atoms with Crippen LogP contribution in [0, 0.1) is 0 Å². The number of aliphatic hydroxyl groups excluding tert-OH is 1. The molecule has 0 saturated carbocycles. The van der Waals surface area contributed by atoms with Crippen LogP contribution >= 0.6 is 0 Å². The topological polar surface area (TPSA) is 107 Å². The molecule has 3 aromatic rings.